The monoisotopic (exact) mass is 437 g/mol. The first kappa shape index (κ1) is 22.6. The van der Waals surface area contributed by atoms with Crippen molar-refractivity contribution in [2.45, 2.75) is 17.2 Å². The first-order valence-electron chi connectivity index (χ1n) is 7.82. The fraction of sp³-hybridized carbons (Fsp3) is 0.222. The minimum absolute atomic E-state index is 0.0707. The van der Waals surface area contributed by atoms with E-state index in [1.807, 2.05) is 4.72 Å². The average molecular weight is 437 g/mol. The van der Waals surface area contributed by atoms with E-state index in [0.29, 0.717) is 6.07 Å². The number of ether oxygens (including phenoxy) is 1. The summed E-state index contributed by atoms with van der Waals surface area (Å²) in [6.45, 7) is -0.739. The molecule has 2 rings (SSSR count). The Morgan fingerprint density at radius 1 is 0.862 bits per heavy atom. The largest absolute Gasteiger partial charge is 0.481 e. The molecule has 1 N–H and O–H groups in total. The van der Waals surface area contributed by atoms with Gasteiger partial charge >= 0.3 is 12.4 Å². The molecule has 2 aromatic rings. The predicted molar refractivity (Wildman–Crippen MR) is 91.3 cm³/mol. The van der Waals surface area contributed by atoms with Crippen molar-refractivity contribution >= 4 is 10.0 Å². The molecule has 2 aromatic carbocycles. The van der Waals surface area contributed by atoms with Gasteiger partial charge in [-0.1, -0.05) is 24.0 Å². The van der Waals surface area contributed by atoms with Crippen molar-refractivity contribution in [2.24, 2.45) is 0 Å². The lowest BCUT2D eigenvalue weighted by Crippen LogP contribution is -2.24. The van der Waals surface area contributed by atoms with E-state index in [9.17, 15) is 34.8 Å². The Balaban J connectivity index is 1.92. The number of benzene rings is 2. The van der Waals surface area contributed by atoms with Crippen molar-refractivity contribution in [2.75, 3.05) is 13.2 Å². The van der Waals surface area contributed by atoms with E-state index in [2.05, 4.69) is 11.8 Å². The molecular weight excluding hydrogens is 424 g/mol. The summed E-state index contributed by atoms with van der Waals surface area (Å²) in [6, 6.07) is 7.32. The standard InChI is InChI=1S/C18H13F6NO3S/c19-17(20,21)13-5-3-7-15(11-13)28-10-2-1-9-25-29(26,27)16-8-4-6-14(12-16)18(22,23)24/h3-8,11-12,25H,9-10H2. The summed E-state index contributed by atoms with van der Waals surface area (Å²) in [4.78, 5) is -0.575. The van der Waals surface area contributed by atoms with Crippen LogP contribution in [0.25, 0.3) is 0 Å². The van der Waals surface area contributed by atoms with Crippen molar-refractivity contribution in [1.82, 2.24) is 4.72 Å². The summed E-state index contributed by atoms with van der Waals surface area (Å²) in [5.41, 5.74) is -2.00. The van der Waals surface area contributed by atoms with E-state index in [0.717, 1.165) is 36.4 Å². The highest BCUT2D eigenvalue weighted by atomic mass is 32.2. The van der Waals surface area contributed by atoms with Crippen molar-refractivity contribution in [3.8, 4) is 17.6 Å². The number of nitrogens with one attached hydrogen (secondary N) is 1. The van der Waals surface area contributed by atoms with E-state index in [-0.39, 0.29) is 12.4 Å². The Bertz CT molecular complexity index is 1020. The number of rotatable bonds is 5. The van der Waals surface area contributed by atoms with Gasteiger partial charge in [-0.3, -0.25) is 0 Å². The second-order valence-electron chi connectivity index (χ2n) is 5.52. The van der Waals surface area contributed by atoms with Crippen LogP contribution in [-0.2, 0) is 22.4 Å². The van der Waals surface area contributed by atoms with E-state index in [1.165, 1.54) is 6.07 Å². The third-order valence-corrected chi connectivity index (χ3v) is 4.82. The van der Waals surface area contributed by atoms with Crippen LogP contribution in [0.2, 0.25) is 0 Å². The topological polar surface area (TPSA) is 55.4 Å². The Labute approximate surface area is 162 Å². The second kappa shape index (κ2) is 8.75. The average Bonchev–Trinajstić information content (AvgIpc) is 2.63. The van der Waals surface area contributed by atoms with Gasteiger partial charge in [-0.15, -0.1) is 0 Å². The molecule has 0 aliphatic rings. The lowest BCUT2D eigenvalue weighted by molar-refractivity contribution is -0.138. The molecule has 0 unspecified atom stereocenters. The Morgan fingerprint density at radius 2 is 1.45 bits per heavy atom. The van der Waals surface area contributed by atoms with Gasteiger partial charge in [0.15, 0.2) is 0 Å². The lowest BCUT2D eigenvalue weighted by Gasteiger charge is -2.09. The molecule has 156 valence electrons. The Hall–Kier alpha value is -2.71. The van der Waals surface area contributed by atoms with E-state index in [1.54, 1.807) is 0 Å². The molecule has 0 amide bonds. The highest BCUT2D eigenvalue weighted by Gasteiger charge is 2.32. The highest BCUT2D eigenvalue weighted by Crippen LogP contribution is 2.31. The number of sulfonamides is 1. The normalized spacial score (nSPS) is 12.2. The summed E-state index contributed by atoms with van der Waals surface area (Å²) in [7, 11) is -4.22. The van der Waals surface area contributed by atoms with Gasteiger partial charge in [0.2, 0.25) is 10.0 Å². The molecule has 0 saturated heterocycles. The van der Waals surface area contributed by atoms with Crippen LogP contribution in [0.3, 0.4) is 0 Å². The molecule has 0 heterocycles. The van der Waals surface area contributed by atoms with Gasteiger partial charge < -0.3 is 4.74 Å². The first-order chi connectivity index (χ1) is 13.4. The minimum atomic E-state index is -4.69. The highest BCUT2D eigenvalue weighted by molar-refractivity contribution is 7.89. The van der Waals surface area contributed by atoms with Crippen LogP contribution in [0.15, 0.2) is 53.4 Å². The Kier molecular flexibility index (Phi) is 6.81. The van der Waals surface area contributed by atoms with Crippen molar-refractivity contribution in [1.29, 1.82) is 0 Å². The minimum Gasteiger partial charge on any atom is -0.481 e. The molecule has 0 radical (unpaired) electrons. The summed E-state index contributed by atoms with van der Waals surface area (Å²) in [5.74, 6) is 4.68. The molecular formula is C18H13F6NO3S. The molecule has 0 spiro atoms. The van der Waals surface area contributed by atoms with Gasteiger partial charge in [0.1, 0.15) is 12.4 Å². The van der Waals surface area contributed by atoms with Gasteiger partial charge in [-0.2, -0.15) is 31.1 Å². The van der Waals surface area contributed by atoms with Gasteiger partial charge in [0, 0.05) is 0 Å². The van der Waals surface area contributed by atoms with Crippen LogP contribution in [-0.4, -0.2) is 21.6 Å². The van der Waals surface area contributed by atoms with E-state index in [4.69, 9.17) is 4.74 Å². The quantitative estimate of drug-likeness (QED) is 0.567. The van der Waals surface area contributed by atoms with Gasteiger partial charge in [-0.25, -0.2) is 8.42 Å². The van der Waals surface area contributed by atoms with Gasteiger partial charge in [-0.05, 0) is 36.4 Å². The number of halogens is 6. The molecule has 0 fully saturated rings. The zero-order chi connectivity index (χ0) is 21.7. The summed E-state index contributed by atoms with van der Waals surface area (Å²) in [6.07, 6.45) is -9.21. The predicted octanol–water partition coefficient (Wildman–Crippen LogP) is 4.08. The number of alkyl halides is 6. The maximum absolute atomic E-state index is 12.7. The maximum Gasteiger partial charge on any atom is 0.416 e. The molecule has 0 aromatic heterocycles. The fourth-order valence-electron chi connectivity index (χ4n) is 2.05. The number of hydrogen-bond donors (Lipinski definition) is 1. The van der Waals surface area contributed by atoms with Crippen LogP contribution >= 0.6 is 0 Å². The second-order valence-corrected chi connectivity index (χ2v) is 7.28. The summed E-state index contributed by atoms with van der Waals surface area (Å²) < 4.78 is 107. The van der Waals surface area contributed by atoms with Gasteiger partial charge in [0.05, 0.1) is 22.6 Å². The molecule has 0 aliphatic carbocycles. The SMILES string of the molecule is O=S(=O)(NCC#CCOc1cccc(C(F)(F)F)c1)c1cccc(C(F)(F)F)c1. The zero-order valence-electron chi connectivity index (χ0n) is 14.4. The molecule has 0 bridgehead atoms. The van der Waals surface area contributed by atoms with Crippen molar-refractivity contribution in [3.05, 3.63) is 59.7 Å². The molecule has 29 heavy (non-hydrogen) atoms. The third-order valence-electron chi connectivity index (χ3n) is 3.42. The Morgan fingerprint density at radius 3 is 2.07 bits per heavy atom. The van der Waals surface area contributed by atoms with E-state index >= 15 is 0 Å². The summed E-state index contributed by atoms with van der Waals surface area (Å²) in [5, 5.41) is 0. The maximum atomic E-state index is 12.7. The first-order valence-corrected chi connectivity index (χ1v) is 9.30. The lowest BCUT2D eigenvalue weighted by atomic mass is 10.2. The molecule has 0 aliphatic heterocycles. The van der Waals surface area contributed by atoms with E-state index < -0.39 is 44.9 Å². The van der Waals surface area contributed by atoms with Gasteiger partial charge in [0.25, 0.3) is 0 Å². The van der Waals surface area contributed by atoms with Crippen LogP contribution < -0.4 is 9.46 Å². The van der Waals surface area contributed by atoms with Crippen LogP contribution in [0.4, 0.5) is 26.3 Å². The van der Waals surface area contributed by atoms with Crippen LogP contribution in [0.1, 0.15) is 11.1 Å². The van der Waals surface area contributed by atoms with Crippen molar-refractivity contribution < 1.29 is 39.5 Å². The molecule has 0 saturated carbocycles. The molecule has 0 atom stereocenters. The van der Waals surface area contributed by atoms with Crippen molar-refractivity contribution in [3.63, 3.8) is 0 Å². The number of hydrogen-bond acceptors (Lipinski definition) is 3. The molecule has 4 nitrogen and oxygen atoms in total. The summed E-state index contributed by atoms with van der Waals surface area (Å²) >= 11 is 0. The fourth-order valence-corrected chi connectivity index (χ4v) is 3.02. The third kappa shape index (κ3) is 6.69. The zero-order valence-corrected chi connectivity index (χ0v) is 15.3. The molecule has 11 heteroatoms. The smallest absolute Gasteiger partial charge is 0.416 e. The van der Waals surface area contributed by atoms with Crippen LogP contribution in [0.5, 0.6) is 5.75 Å². The van der Waals surface area contributed by atoms with Crippen LogP contribution in [0, 0.1) is 11.8 Å².